The van der Waals surface area contributed by atoms with Gasteiger partial charge in [-0.2, -0.15) is 5.10 Å². The average molecular weight is 423 g/mol. The van der Waals surface area contributed by atoms with Crippen LogP contribution in [0.25, 0.3) is 17.1 Å². The van der Waals surface area contributed by atoms with Crippen molar-refractivity contribution < 1.29 is 9.21 Å². The third-order valence-electron chi connectivity index (χ3n) is 4.91. The SMILES string of the molecule is Cc1nc(-c2ccc(CNC(=O)N(C)C(C)c3ccc(-n4cncn4)cc3)o2)cs1. The number of carbonyl (C=O) groups is 1. The van der Waals surface area contributed by atoms with Crippen LogP contribution in [0.4, 0.5) is 4.79 Å². The molecule has 1 atom stereocenters. The third kappa shape index (κ3) is 4.25. The summed E-state index contributed by atoms with van der Waals surface area (Å²) in [5.74, 6) is 1.39. The highest BCUT2D eigenvalue weighted by Gasteiger charge is 2.18. The predicted molar refractivity (Wildman–Crippen MR) is 114 cm³/mol. The number of nitrogens with one attached hydrogen (secondary N) is 1. The van der Waals surface area contributed by atoms with E-state index >= 15 is 0 Å². The van der Waals surface area contributed by atoms with E-state index in [1.807, 2.05) is 55.6 Å². The number of aromatic nitrogens is 4. The van der Waals surface area contributed by atoms with Crippen LogP contribution in [-0.4, -0.2) is 37.7 Å². The summed E-state index contributed by atoms with van der Waals surface area (Å²) >= 11 is 1.58. The third-order valence-corrected chi connectivity index (χ3v) is 5.68. The molecule has 2 amide bonds. The lowest BCUT2D eigenvalue weighted by molar-refractivity contribution is 0.193. The van der Waals surface area contributed by atoms with Gasteiger partial charge in [-0.05, 0) is 43.7 Å². The molecule has 154 valence electrons. The van der Waals surface area contributed by atoms with Crippen molar-refractivity contribution in [1.82, 2.24) is 30.0 Å². The molecule has 0 aliphatic rings. The minimum atomic E-state index is -0.176. The Balaban J connectivity index is 1.34. The number of aryl methyl sites for hydroxylation is 1. The van der Waals surface area contributed by atoms with Gasteiger partial charge < -0.3 is 14.6 Å². The Kier molecular flexibility index (Phi) is 5.62. The highest BCUT2D eigenvalue weighted by molar-refractivity contribution is 7.09. The van der Waals surface area contributed by atoms with E-state index in [-0.39, 0.29) is 12.1 Å². The van der Waals surface area contributed by atoms with Gasteiger partial charge in [-0.3, -0.25) is 0 Å². The molecule has 8 nitrogen and oxygen atoms in total. The van der Waals surface area contributed by atoms with Crippen LogP contribution in [0.2, 0.25) is 0 Å². The monoisotopic (exact) mass is 422 g/mol. The molecule has 0 aliphatic heterocycles. The van der Waals surface area contributed by atoms with E-state index in [4.69, 9.17) is 4.42 Å². The Labute approximate surface area is 178 Å². The van der Waals surface area contributed by atoms with E-state index in [1.165, 1.54) is 6.33 Å². The molecule has 0 aliphatic carbocycles. The number of amides is 2. The minimum absolute atomic E-state index is 0.0973. The minimum Gasteiger partial charge on any atom is -0.458 e. The molecule has 1 aromatic carbocycles. The van der Waals surface area contributed by atoms with Crippen LogP contribution in [0.1, 0.15) is 29.3 Å². The Morgan fingerprint density at radius 3 is 2.73 bits per heavy atom. The summed E-state index contributed by atoms with van der Waals surface area (Å²) in [4.78, 5) is 22.6. The van der Waals surface area contributed by atoms with Gasteiger partial charge in [-0.15, -0.1) is 11.3 Å². The second kappa shape index (κ2) is 8.50. The van der Waals surface area contributed by atoms with Gasteiger partial charge in [0.15, 0.2) is 5.76 Å². The number of nitrogens with zero attached hydrogens (tertiary/aromatic N) is 5. The van der Waals surface area contributed by atoms with Crippen molar-refractivity contribution in [3.63, 3.8) is 0 Å². The quantitative estimate of drug-likeness (QED) is 0.503. The first-order chi connectivity index (χ1) is 14.5. The molecule has 9 heteroatoms. The number of furan rings is 1. The van der Waals surface area contributed by atoms with E-state index in [0.29, 0.717) is 18.1 Å². The first-order valence-electron chi connectivity index (χ1n) is 9.48. The first-order valence-corrected chi connectivity index (χ1v) is 10.4. The molecule has 4 aromatic rings. The molecule has 0 fully saturated rings. The van der Waals surface area contributed by atoms with Crippen molar-refractivity contribution >= 4 is 17.4 Å². The molecule has 3 heterocycles. The molecule has 0 saturated heterocycles. The molecule has 4 rings (SSSR count). The maximum absolute atomic E-state index is 12.6. The Morgan fingerprint density at radius 1 is 1.27 bits per heavy atom. The van der Waals surface area contributed by atoms with E-state index in [9.17, 15) is 4.79 Å². The molecule has 1 N–H and O–H groups in total. The lowest BCUT2D eigenvalue weighted by atomic mass is 10.1. The van der Waals surface area contributed by atoms with Gasteiger partial charge in [0, 0.05) is 12.4 Å². The molecular formula is C21H22N6O2S. The zero-order chi connectivity index (χ0) is 21.1. The molecule has 0 spiro atoms. The summed E-state index contributed by atoms with van der Waals surface area (Å²) in [6.07, 6.45) is 3.14. The molecule has 30 heavy (non-hydrogen) atoms. The fourth-order valence-corrected chi connectivity index (χ4v) is 3.62. The Hall–Kier alpha value is -3.46. The van der Waals surface area contributed by atoms with Crippen LogP contribution < -0.4 is 5.32 Å². The van der Waals surface area contributed by atoms with Crippen LogP contribution in [0.15, 0.2) is 58.9 Å². The summed E-state index contributed by atoms with van der Waals surface area (Å²) in [5, 5.41) is 9.97. The molecule has 0 saturated carbocycles. The number of benzene rings is 1. The zero-order valence-electron chi connectivity index (χ0n) is 16.9. The maximum Gasteiger partial charge on any atom is 0.318 e. The highest BCUT2D eigenvalue weighted by Crippen LogP contribution is 2.24. The smallest absolute Gasteiger partial charge is 0.318 e. The molecule has 1 unspecified atom stereocenters. The Bertz CT molecular complexity index is 1120. The normalized spacial score (nSPS) is 12.0. The predicted octanol–water partition coefficient (Wildman–Crippen LogP) is 4.19. The molecule has 0 radical (unpaired) electrons. The van der Waals surface area contributed by atoms with Gasteiger partial charge in [-0.25, -0.2) is 19.4 Å². The van der Waals surface area contributed by atoms with Crippen molar-refractivity contribution in [2.75, 3.05) is 7.05 Å². The fourth-order valence-electron chi connectivity index (χ4n) is 3.02. The van der Waals surface area contributed by atoms with Gasteiger partial charge >= 0.3 is 6.03 Å². The number of thiazole rings is 1. The van der Waals surface area contributed by atoms with E-state index in [1.54, 1.807) is 34.3 Å². The summed E-state index contributed by atoms with van der Waals surface area (Å²) in [7, 11) is 1.77. The molecule has 0 bridgehead atoms. The summed E-state index contributed by atoms with van der Waals surface area (Å²) in [6, 6.07) is 11.3. The van der Waals surface area contributed by atoms with Crippen molar-refractivity contribution in [2.45, 2.75) is 26.4 Å². The second-order valence-electron chi connectivity index (χ2n) is 6.89. The second-order valence-corrected chi connectivity index (χ2v) is 7.96. The van der Waals surface area contributed by atoms with E-state index in [2.05, 4.69) is 20.4 Å². The Morgan fingerprint density at radius 2 is 2.07 bits per heavy atom. The topological polar surface area (TPSA) is 89.1 Å². The van der Waals surface area contributed by atoms with E-state index < -0.39 is 0 Å². The van der Waals surface area contributed by atoms with Crippen LogP contribution in [0.3, 0.4) is 0 Å². The maximum atomic E-state index is 12.6. The van der Waals surface area contributed by atoms with Crippen LogP contribution in [0, 0.1) is 6.92 Å². The molecule has 3 aromatic heterocycles. The van der Waals surface area contributed by atoms with Crippen LogP contribution >= 0.6 is 11.3 Å². The van der Waals surface area contributed by atoms with Gasteiger partial charge in [-0.1, -0.05) is 12.1 Å². The van der Waals surface area contributed by atoms with Crippen molar-refractivity contribution in [3.8, 4) is 17.1 Å². The van der Waals surface area contributed by atoms with Crippen molar-refractivity contribution in [2.24, 2.45) is 0 Å². The number of hydrogen-bond donors (Lipinski definition) is 1. The highest BCUT2D eigenvalue weighted by atomic mass is 32.1. The average Bonchev–Trinajstić information content (AvgIpc) is 3.52. The summed E-state index contributed by atoms with van der Waals surface area (Å²) < 4.78 is 7.49. The molecular weight excluding hydrogens is 400 g/mol. The van der Waals surface area contributed by atoms with Gasteiger partial charge in [0.2, 0.25) is 0 Å². The lowest BCUT2D eigenvalue weighted by Crippen LogP contribution is -2.38. The fraction of sp³-hybridized carbons (Fsp3) is 0.238. The number of urea groups is 1. The standard InChI is InChI=1S/C21H22N6O2S/c1-14(16-4-6-17(7-5-16)27-13-22-12-24-27)26(3)21(28)23-10-18-8-9-20(29-18)19-11-30-15(2)25-19/h4-9,11-14H,10H2,1-3H3,(H,23,28). The van der Waals surface area contributed by atoms with Crippen LogP contribution in [-0.2, 0) is 6.54 Å². The number of hydrogen-bond acceptors (Lipinski definition) is 6. The first kappa shape index (κ1) is 19.8. The summed E-state index contributed by atoms with van der Waals surface area (Å²) in [6.45, 7) is 4.25. The largest absolute Gasteiger partial charge is 0.458 e. The van der Waals surface area contributed by atoms with Gasteiger partial charge in [0.25, 0.3) is 0 Å². The van der Waals surface area contributed by atoms with Crippen molar-refractivity contribution in [3.05, 3.63) is 70.8 Å². The number of carbonyl (C=O) groups excluding carboxylic acids is 1. The van der Waals surface area contributed by atoms with Crippen LogP contribution in [0.5, 0.6) is 0 Å². The summed E-state index contributed by atoms with van der Waals surface area (Å²) in [5.41, 5.74) is 2.75. The number of rotatable bonds is 6. The lowest BCUT2D eigenvalue weighted by Gasteiger charge is -2.25. The van der Waals surface area contributed by atoms with Crippen molar-refractivity contribution in [1.29, 1.82) is 0 Å². The zero-order valence-corrected chi connectivity index (χ0v) is 17.8. The van der Waals surface area contributed by atoms with Gasteiger partial charge in [0.1, 0.15) is 24.1 Å². The van der Waals surface area contributed by atoms with Gasteiger partial charge in [0.05, 0.1) is 23.3 Å². The van der Waals surface area contributed by atoms with E-state index in [0.717, 1.165) is 22.0 Å².